The first-order valence-corrected chi connectivity index (χ1v) is 11.6. The molecule has 0 aromatic heterocycles. The van der Waals surface area contributed by atoms with E-state index in [4.69, 9.17) is 9.47 Å². The molecule has 1 fully saturated rings. The highest BCUT2D eigenvalue weighted by Gasteiger charge is 2.37. The van der Waals surface area contributed by atoms with E-state index in [2.05, 4.69) is 5.32 Å². The Bertz CT molecular complexity index is 1110. The van der Waals surface area contributed by atoms with Crippen molar-refractivity contribution in [1.29, 1.82) is 0 Å². The van der Waals surface area contributed by atoms with Crippen molar-refractivity contribution >= 4 is 23.2 Å². The molecule has 2 unspecified atom stereocenters. The molecule has 10 heteroatoms. The summed E-state index contributed by atoms with van der Waals surface area (Å²) in [5.74, 6) is -1.04. The molecule has 0 aliphatic carbocycles. The van der Waals surface area contributed by atoms with Crippen LogP contribution in [0.15, 0.2) is 36.4 Å². The van der Waals surface area contributed by atoms with Gasteiger partial charge in [0.2, 0.25) is 17.6 Å². The predicted molar refractivity (Wildman–Crippen MR) is 128 cm³/mol. The Morgan fingerprint density at radius 1 is 1.17 bits per heavy atom. The monoisotopic (exact) mass is 487 g/mol. The third-order valence-corrected chi connectivity index (χ3v) is 5.82. The smallest absolute Gasteiger partial charge is 0.306 e. The summed E-state index contributed by atoms with van der Waals surface area (Å²) in [4.78, 5) is 37.3. The minimum absolute atomic E-state index is 0.0410. The highest BCUT2D eigenvalue weighted by molar-refractivity contribution is 6.00. The highest BCUT2D eigenvalue weighted by Crippen LogP contribution is 2.34. The van der Waals surface area contributed by atoms with E-state index < -0.39 is 22.3 Å². The molecule has 2 amide bonds. The Hall–Kier alpha value is -3.69. The van der Waals surface area contributed by atoms with Crippen LogP contribution in [0.5, 0.6) is 11.5 Å². The summed E-state index contributed by atoms with van der Waals surface area (Å²) in [5, 5.41) is 14.1. The predicted octanol–water partition coefficient (Wildman–Crippen LogP) is 4.40. The van der Waals surface area contributed by atoms with Gasteiger partial charge in [-0.1, -0.05) is 19.9 Å². The fourth-order valence-corrected chi connectivity index (χ4v) is 4.11. The molecule has 0 radical (unpaired) electrons. The van der Waals surface area contributed by atoms with Crippen molar-refractivity contribution in [2.75, 3.05) is 24.7 Å². The third-order valence-electron chi connectivity index (χ3n) is 5.82. The number of hydrogen-bond donors (Lipinski definition) is 1. The van der Waals surface area contributed by atoms with Crippen LogP contribution in [0, 0.1) is 27.8 Å². The normalized spacial score (nSPS) is 16.3. The van der Waals surface area contributed by atoms with Crippen LogP contribution in [-0.2, 0) is 9.59 Å². The third kappa shape index (κ3) is 5.87. The Kier molecular flexibility index (Phi) is 8.26. The molecular formula is C25H30FN3O6. The number of benzene rings is 2. The van der Waals surface area contributed by atoms with Crippen molar-refractivity contribution in [1.82, 2.24) is 5.32 Å². The van der Waals surface area contributed by atoms with E-state index in [0.29, 0.717) is 24.7 Å². The van der Waals surface area contributed by atoms with E-state index >= 15 is 0 Å². The number of nitrogens with zero attached hydrogens (tertiary/aromatic N) is 2. The Labute approximate surface area is 203 Å². The molecule has 1 saturated heterocycles. The van der Waals surface area contributed by atoms with Gasteiger partial charge in [0.15, 0.2) is 11.5 Å². The Morgan fingerprint density at radius 3 is 2.49 bits per heavy atom. The van der Waals surface area contributed by atoms with Crippen LogP contribution in [0.25, 0.3) is 0 Å². The molecule has 0 saturated carbocycles. The second-order valence-corrected chi connectivity index (χ2v) is 8.60. The number of hydrogen-bond acceptors (Lipinski definition) is 6. The number of rotatable bonds is 10. The Morgan fingerprint density at radius 2 is 1.86 bits per heavy atom. The second kappa shape index (κ2) is 11.2. The maximum atomic E-state index is 13.7. The fourth-order valence-electron chi connectivity index (χ4n) is 4.11. The van der Waals surface area contributed by atoms with E-state index in [1.165, 1.54) is 11.0 Å². The lowest BCUT2D eigenvalue weighted by molar-refractivity contribution is -0.387. The average Bonchev–Trinajstić information content (AvgIpc) is 3.20. The number of carbonyl (C=O) groups is 2. The topological polar surface area (TPSA) is 111 Å². The molecule has 0 spiro atoms. The second-order valence-electron chi connectivity index (χ2n) is 8.60. The minimum atomic E-state index is -0.985. The molecular weight excluding hydrogens is 457 g/mol. The number of anilines is 1. The zero-order valence-corrected chi connectivity index (χ0v) is 20.2. The number of amides is 2. The number of nitro groups is 1. The number of halogens is 1. The van der Waals surface area contributed by atoms with Gasteiger partial charge in [0, 0.05) is 19.0 Å². The molecule has 188 valence electrons. The molecule has 35 heavy (non-hydrogen) atoms. The minimum Gasteiger partial charge on any atom is -0.490 e. The number of nitro benzene ring substituents is 1. The van der Waals surface area contributed by atoms with Crippen LogP contribution < -0.4 is 19.7 Å². The number of ether oxygens (including phenoxy) is 2. The van der Waals surface area contributed by atoms with E-state index in [9.17, 15) is 24.1 Å². The maximum Gasteiger partial charge on any atom is 0.306 e. The van der Waals surface area contributed by atoms with Crippen LogP contribution in [0.1, 0.15) is 45.7 Å². The molecule has 0 bridgehead atoms. The van der Waals surface area contributed by atoms with Gasteiger partial charge in [0.1, 0.15) is 0 Å². The summed E-state index contributed by atoms with van der Waals surface area (Å²) in [6.07, 6.45) is -0.0463. The van der Waals surface area contributed by atoms with E-state index in [1.807, 2.05) is 45.9 Å². The highest BCUT2D eigenvalue weighted by atomic mass is 19.1. The lowest BCUT2D eigenvalue weighted by Crippen LogP contribution is -2.37. The summed E-state index contributed by atoms with van der Waals surface area (Å²) in [6, 6.07) is 8.46. The van der Waals surface area contributed by atoms with E-state index in [-0.39, 0.29) is 42.4 Å². The lowest BCUT2D eigenvalue weighted by Gasteiger charge is -2.25. The van der Waals surface area contributed by atoms with Gasteiger partial charge in [0.25, 0.3) is 0 Å². The standard InChI is InChI=1S/C25H30FN3O6/c1-5-34-21-10-7-16(11-22(21)35-6-2)24(15(3)4)27-25(31)17-12-23(30)28(14-17)18-8-9-19(26)20(13-18)29(32)33/h7-11,13,15,17,24H,5-6,12,14H2,1-4H3,(H,27,31). The summed E-state index contributed by atoms with van der Waals surface area (Å²) < 4.78 is 25.0. The Balaban J connectivity index is 1.78. The summed E-state index contributed by atoms with van der Waals surface area (Å²) in [6.45, 7) is 8.72. The van der Waals surface area contributed by atoms with Crippen LogP contribution >= 0.6 is 0 Å². The van der Waals surface area contributed by atoms with Crippen LogP contribution in [-0.4, -0.2) is 36.5 Å². The van der Waals surface area contributed by atoms with Gasteiger partial charge in [-0.2, -0.15) is 4.39 Å². The van der Waals surface area contributed by atoms with Crippen molar-refractivity contribution in [3.8, 4) is 11.5 Å². The molecule has 1 N–H and O–H groups in total. The molecule has 2 atom stereocenters. The van der Waals surface area contributed by atoms with Crippen LogP contribution in [0.4, 0.5) is 15.8 Å². The number of carbonyl (C=O) groups excluding carboxylic acids is 2. The van der Waals surface area contributed by atoms with Crippen molar-refractivity contribution in [3.05, 3.63) is 57.9 Å². The molecule has 1 aliphatic heterocycles. The summed E-state index contributed by atoms with van der Waals surface area (Å²) in [5.41, 5.74) is 0.311. The van der Waals surface area contributed by atoms with Gasteiger partial charge in [-0.15, -0.1) is 0 Å². The molecule has 9 nitrogen and oxygen atoms in total. The van der Waals surface area contributed by atoms with Gasteiger partial charge in [0.05, 0.1) is 35.8 Å². The van der Waals surface area contributed by atoms with Crippen molar-refractivity contribution < 1.29 is 28.4 Å². The van der Waals surface area contributed by atoms with Gasteiger partial charge in [-0.3, -0.25) is 19.7 Å². The number of nitrogens with one attached hydrogen (secondary N) is 1. The van der Waals surface area contributed by atoms with Gasteiger partial charge in [-0.25, -0.2) is 0 Å². The van der Waals surface area contributed by atoms with Crippen molar-refractivity contribution in [2.45, 2.75) is 40.2 Å². The largest absolute Gasteiger partial charge is 0.490 e. The van der Waals surface area contributed by atoms with Crippen molar-refractivity contribution in [2.24, 2.45) is 11.8 Å². The fraction of sp³-hybridized carbons (Fsp3) is 0.440. The molecule has 2 aromatic rings. The van der Waals surface area contributed by atoms with Crippen molar-refractivity contribution in [3.63, 3.8) is 0 Å². The van der Waals surface area contributed by atoms with E-state index in [1.54, 1.807) is 0 Å². The van der Waals surface area contributed by atoms with Gasteiger partial charge in [-0.05, 0) is 49.6 Å². The first-order chi connectivity index (χ1) is 16.7. The average molecular weight is 488 g/mol. The van der Waals surface area contributed by atoms with Gasteiger partial charge < -0.3 is 19.7 Å². The van der Waals surface area contributed by atoms with Gasteiger partial charge >= 0.3 is 5.69 Å². The zero-order valence-electron chi connectivity index (χ0n) is 20.2. The first kappa shape index (κ1) is 25.9. The first-order valence-electron chi connectivity index (χ1n) is 11.6. The molecule has 1 heterocycles. The molecule has 3 rings (SSSR count). The SMILES string of the molecule is CCOc1ccc(C(NC(=O)C2CC(=O)N(c3ccc(F)c([N+](=O)[O-])c3)C2)C(C)C)cc1OCC. The molecule has 1 aliphatic rings. The zero-order chi connectivity index (χ0) is 25.7. The maximum absolute atomic E-state index is 13.7. The van der Waals surface area contributed by atoms with E-state index in [0.717, 1.165) is 17.7 Å². The lowest BCUT2D eigenvalue weighted by atomic mass is 9.94. The van der Waals surface area contributed by atoms with Crippen LogP contribution in [0.3, 0.4) is 0 Å². The molecule has 2 aromatic carbocycles. The summed E-state index contributed by atoms with van der Waals surface area (Å²) in [7, 11) is 0. The quantitative estimate of drug-likeness (QED) is 0.393. The summed E-state index contributed by atoms with van der Waals surface area (Å²) >= 11 is 0. The van der Waals surface area contributed by atoms with Crippen LogP contribution in [0.2, 0.25) is 0 Å².